The first-order valence-electron chi connectivity index (χ1n) is 20.1. The molecule has 318 valence electrons. The van der Waals surface area contributed by atoms with Crippen LogP contribution in [0.1, 0.15) is 48.7 Å². The maximum atomic E-state index is 13.6. The number of aryl methyl sites for hydroxylation is 4. The number of amides is 3. The molecule has 0 aliphatic carbocycles. The van der Waals surface area contributed by atoms with Crippen LogP contribution in [0.15, 0.2) is 73.3 Å². The summed E-state index contributed by atoms with van der Waals surface area (Å²) in [5, 5.41) is 24.7. The molecule has 6 heterocycles. The lowest BCUT2D eigenvalue weighted by Gasteiger charge is -2.28. The third kappa shape index (κ3) is 9.45. The molecule has 3 amide bonds. The van der Waals surface area contributed by atoms with Gasteiger partial charge in [0.25, 0.3) is 0 Å². The number of anilines is 4. The molecule has 61 heavy (non-hydrogen) atoms. The van der Waals surface area contributed by atoms with Gasteiger partial charge in [-0.15, -0.1) is 0 Å². The van der Waals surface area contributed by atoms with Crippen LogP contribution in [0.2, 0.25) is 0 Å². The quantitative estimate of drug-likeness (QED) is 0.127. The maximum Gasteiger partial charge on any atom is 0.390 e. The fraction of sp³-hybridized carbons (Fsp3) is 0.357. The van der Waals surface area contributed by atoms with Crippen molar-refractivity contribution in [3.05, 3.63) is 95.8 Å². The maximum absolute atomic E-state index is 13.6. The Hall–Kier alpha value is -6.92. The van der Waals surface area contributed by atoms with Crippen LogP contribution >= 0.6 is 0 Å². The summed E-state index contributed by atoms with van der Waals surface area (Å²) in [7, 11) is 1.87. The first kappa shape index (κ1) is 40.8. The minimum Gasteiger partial charge on any atom is -0.370 e. The van der Waals surface area contributed by atoms with Gasteiger partial charge in [-0.1, -0.05) is 24.3 Å². The van der Waals surface area contributed by atoms with Crippen molar-refractivity contribution < 1.29 is 27.6 Å². The van der Waals surface area contributed by atoms with Gasteiger partial charge in [-0.25, -0.2) is 0 Å². The van der Waals surface area contributed by atoms with Crippen LogP contribution in [-0.2, 0) is 67.0 Å². The number of halogens is 3. The van der Waals surface area contributed by atoms with Crippen molar-refractivity contribution in [1.82, 2.24) is 48.9 Å². The van der Waals surface area contributed by atoms with Crippen LogP contribution in [0.4, 0.5) is 36.2 Å². The number of alkyl halides is 3. The smallest absolute Gasteiger partial charge is 0.370 e. The topological polar surface area (TPSA) is 179 Å². The molecular formula is C42H46F3N13O3. The highest BCUT2D eigenvalue weighted by Crippen LogP contribution is 2.33. The Balaban J connectivity index is 0.900. The van der Waals surface area contributed by atoms with Crippen LogP contribution in [0.3, 0.4) is 0 Å². The second-order valence-corrected chi connectivity index (χ2v) is 15.4. The van der Waals surface area contributed by atoms with Crippen molar-refractivity contribution in [3.63, 3.8) is 0 Å². The van der Waals surface area contributed by atoms with E-state index in [0.717, 1.165) is 39.2 Å². The Morgan fingerprint density at radius 1 is 0.705 bits per heavy atom. The summed E-state index contributed by atoms with van der Waals surface area (Å²) in [4.78, 5) is 40.9. The van der Waals surface area contributed by atoms with Gasteiger partial charge in [0.1, 0.15) is 0 Å². The predicted molar refractivity (Wildman–Crippen MR) is 220 cm³/mol. The Bertz CT molecular complexity index is 2550. The third-order valence-corrected chi connectivity index (χ3v) is 11.1. The largest absolute Gasteiger partial charge is 0.390 e. The molecule has 0 bridgehead atoms. The number of fused-ring (bicyclic) bond motifs is 2. The average molecular weight is 838 g/mol. The number of aromatic nitrogens is 8. The number of carbonyl (C=O) groups is 3. The lowest BCUT2D eigenvalue weighted by Crippen LogP contribution is -2.37. The summed E-state index contributed by atoms with van der Waals surface area (Å²) in [5.41, 5.74) is 14.0. The molecule has 0 saturated carbocycles. The fourth-order valence-electron chi connectivity index (χ4n) is 7.82. The number of rotatable bonds is 14. The van der Waals surface area contributed by atoms with Crippen molar-refractivity contribution in [2.75, 3.05) is 23.7 Å². The van der Waals surface area contributed by atoms with E-state index in [0.29, 0.717) is 74.1 Å². The van der Waals surface area contributed by atoms with E-state index >= 15 is 0 Å². The SMILES string of the molecule is CC(=O)N1CCc2c(c(Nc3ccc(-c4cnn(CCC(=O)N5CCc6c(c(Nc7ccc(-c8cnn(C)c8)cc7)nn6CCC(N)=O)C5)c4)cc3)nn2CCC(F)(F)F)C1. The molecule has 0 atom stereocenters. The molecular weight excluding hydrogens is 792 g/mol. The zero-order valence-electron chi connectivity index (χ0n) is 33.8. The van der Waals surface area contributed by atoms with Crippen molar-refractivity contribution in [1.29, 1.82) is 0 Å². The summed E-state index contributed by atoms with van der Waals surface area (Å²) < 4.78 is 45.9. The number of carbonyl (C=O) groups excluding carboxylic acids is 3. The number of hydrogen-bond donors (Lipinski definition) is 3. The van der Waals surface area contributed by atoms with Gasteiger partial charge in [0.15, 0.2) is 11.6 Å². The Morgan fingerprint density at radius 2 is 1.25 bits per heavy atom. The molecule has 6 aromatic rings. The van der Waals surface area contributed by atoms with Crippen molar-refractivity contribution in [2.45, 2.75) is 77.9 Å². The van der Waals surface area contributed by atoms with Crippen LogP contribution in [-0.4, -0.2) is 85.9 Å². The van der Waals surface area contributed by atoms with Gasteiger partial charge >= 0.3 is 6.18 Å². The number of nitrogens with one attached hydrogen (secondary N) is 2. The number of nitrogens with zero attached hydrogens (tertiary/aromatic N) is 10. The van der Waals surface area contributed by atoms with Crippen LogP contribution in [0, 0.1) is 0 Å². The molecule has 2 aliphatic rings. The van der Waals surface area contributed by atoms with Crippen LogP contribution in [0.5, 0.6) is 0 Å². The standard InChI is InChI=1S/C42H46F3N13O3/c1-27(59)54-16-11-37-34(25-54)40(52-58(37)20-15-42(43,44)45)49-33-9-5-29(6-10-33)31-22-48-56(24-31)18-14-39(61)55-17-12-36-35(26-55)41(51-57(36)19-13-38(46)60)50-32-7-3-28(4-8-32)30-21-47-53(2)23-30/h3-10,21-24H,11-20,25-26H2,1-2H3,(H2,46,60)(H,49,52)(H,50,51). The minimum absolute atomic E-state index is 0.0238. The van der Waals surface area contributed by atoms with Crippen LogP contribution in [0.25, 0.3) is 22.3 Å². The summed E-state index contributed by atoms with van der Waals surface area (Å²) in [6.07, 6.45) is 3.43. The molecule has 8 rings (SSSR count). The van der Waals surface area contributed by atoms with Gasteiger partial charge in [-0.05, 0) is 35.4 Å². The molecule has 0 saturated heterocycles. The zero-order valence-corrected chi connectivity index (χ0v) is 33.8. The van der Waals surface area contributed by atoms with E-state index in [4.69, 9.17) is 10.8 Å². The van der Waals surface area contributed by atoms with Gasteiger partial charge in [0, 0.05) is 123 Å². The molecule has 0 radical (unpaired) electrons. The van der Waals surface area contributed by atoms with Gasteiger partial charge in [-0.3, -0.25) is 33.1 Å². The third-order valence-electron chi connectivity index (χ3n) is 11.1. The first-order valence-corrected chi connectivity index (χ1v) is 20.1. The minimum atomic E-state index is -4.32. The predicted octanol–water partition coefficient (Wildman–Crippen LogP) is 5.54. The van der Waals surface area contributed by atoms with Crippen LogP contribution < -0.4 is 16.4 Å². The van der Waals surface area contributed by atoms with E-state index in [-0.39, 0.29) is 37.7 Å². The second kappa shape index (κ2) is 17.0. The summed E-state index contributed by atoms with van der Waals surface area (Å²) in [6.45, 7) is 3.44. The highest BCUT2D eigenvalue weighted by molar-refractivity contribution is 5.78. The van der Waals surface area contributed by atoms with E-state index in [1.807, 2.05) is 83.8 Å². The monoisotopic (exact) mass is 837 g/mol. The molecule has 0 unspecified atom stereocenters. The van der Waals surface area contributed by atoms with Crippen molar-refractivity contribution in [3.8, 4) is 22.3 Å². The van der Waals surface area contributed by atoms with E-state index in [1.54, 1.807) is 20.5 Å². The van der Waals surface area contributed by atoms with Gasteiger partial charge < -0.3 is 26.2 Å². The fourth-order valence-corrected chi connectivity index (χ4v) is 7.82. The van der Waals surface area contributed by atoms with Gasteiger partial charge in [0.05, 0.1) is 38.4 Å². The molecule has 0 spiro atoms. The van der Waals surface area contributed by atoms with E-state index in [9.17, 15) is 27.6 Å². The average Bonchev–Trinajstić information content (AvgIpc) is 4.04. The summed E-state index contributed by atoms with van der Waals surface area (Å²) in [5.74, 6) is 0.504. The summed E-state index contributed by atoms with van der Waals surface area (Å²) >= 11 is 0. The van der Waals surface area contributed by atoms with Gasteiger partial charge in [-0.2, -0.15) is 33.6 Å². The number of hydrogen-bond acceptors (Lipinski definition) is 9. The highest BCUT2D eigenvalue weighted by Gasteiger charge is 2.31. The number of nitrogens with two attached hydrogens (primary N) is 1. The molecule has 19 heteroatoms. The molecule has 4 aromatic heterocycles. The highest BCUT2D eigenvalue weighted by atomic mass is 19.4. The Labute approximate surface area is 349 Å². The lowest BCUT2D eigenvalue weighted by atomic mass is 10.1. The second-order valence-electron chi connectivity index (χ2n) is 15.4. The molecule has 4 N–H and O–H groups in total. The normalized spacial score (nSPS) is 13.9. The Morgan fingerprint density at radius 3 is 1.79 bits per heavy atom. The molecule has 2 aromatic carbocycles. The lowest BCUT2D eigenvalue weighted by molar-refractivity contribution is -0.137. The van der Waals surface area contributed by atoms with Crippen molar-refractivity contribution >= 4 is 40.7 Å². The van der Waals surface area contributed by atoms with Crippen molar-refractivity contribution in [2.24, 2.45) is 12.8 Å². The summed E-state index contributed by atoms with van der Waals surface area (Å²) in [6, 6.07) is 15.4. The molecule has 2 aliphatic heterocycles. The molecule has 0 fully saturated rings. The van der Waals surface area contributed by atoms with E-state index in [1.165, 1.54) is 11.6 Å². The van der Waals surface area contributed by atoms with E-state index in [2.05, 4.69) is 25.9 Å². The first-order chi connectivity index (χ1) is 29.3. The van der Waals surface area contributed by atoms with E-state index < -0.39 is 18.5 Å². The Kier molecular flexibility index (Phi) is 11.4. The number of benzene rings is 2. The zero-order chi connectivity index (χ0) is 42.8. The number of primary amides is 1. The molecule has 16 nitrogen and oxygen atoms in total. The van der Waals surface area contributed by atoms with Gasteiger partial charge in [0.2, 0.25) is 17.7 Å².